The molecule has 0 radical (unpaired) electrons. The zero-order valence-corrected chi connectivity index (χ0v) is 13.1. The van der Waals surface area contributed by atoms with Gasteiger partial charge in [-0.05, 0) is 24.1 Å². The number of halogens is 1. The summed E-state index contributed by atoms with van der Waals surface area (Å²) in [5, 5.41) is 0.129. The van der Waals surface area contributed by atoms with Gasteiger partial charge in [0.15, 0.2) is 0 Å². The van der Waals surface area contributed by atoms with Crippen LogP contribution in [0.3, 0.4) is 0 Å². The molecule has 0 bridgehead atoms. The first-order valence-electron chi connectivity index (χ1n) is 6.94. The smallest absolute Gasteiger partial charge is 0.258 e. The van der Waals surface area contributed by atoms with Crippen molar-refractivity contribution in [1.82, 2.24) is 14.7 Å². The Balaban J connectivity index is 1.93. The number of carbonyl (C=O) groups excluding carboxylic acids is 2. The van der Waals surface area contributed by atoms with Gasteiger partial charge in [-0.2, -0.15) is 0 Å². The predicted octanol–water partition coefficient (Wildman–Crippen LogP) is 1.17. The Bertz CT molecular complexity index is 515. The molecule has 0 unspecified atom stereocenters. The van der Waals surface area contributed by atoms with Crippen molar-refractivity contribution < 1.29 is 14.0 Å². The first-order chi connectivity index (χ1) is 9.99. The van der Waals surface area contributed by atoms with Crippen molar-refractivity contribution in [3.63, 3.8) is 0 Å². The van der Waals surface area contributed by atoms with Crippen LogP contribution in [0.25, 0.3) is 0 Å². The van der Waals surface area contributed by atoms with Gasteiger partial charge in [0.05, 0.1) is 18.4 Å². The molecule has 0 N–H and O–H groups in total. The van der Waals surface area contributed by atoms with E-state index in [1.165, 1.54) is 6.26 Å². The Morgan fingerprint density at radius 2 is 2.05 bits per heavy atom. The highest BCUT2D eigenvalue weighted by molar-refractivity contribution is 6.32. The average Bonchev–Trinajstić information content (AvgIpc) is 2.73. The fourth-order valence-electron chi connectivity index (χ4n) is 2.28. The summed E-state index contributed by atoms with van der Waals surface area (Å²) in [5.41, 5.74) is 0.398. The third-order valence-electron chi connectivity index (χ3n) is 3.58. The van der Waals surface area contributed by atoms with Gasteiger partial charge < -0.3 is 14.2 Å². The molecule has 1 aliphatic rings. The zero-order valence-electron chi connectivity index (χ0n) is 12.3. The average molecular weight is 314 g/mol. The van der Waals surface area contributed by atoms with Crippen molar-refractivity contribution in [2.75, 3.05) is 46.8 Å². The van der Waals surface area contributed by atoms with Crippen molar-refractivity contribution in [3.8, 4) is 0 Å². The Kier molecular flexibility index (Phi) is 5.25. The molecule has 2 amide bonds. The van der Waals surface area contributed by atoms with E-state index in [1.807, 2.05) is 0 Å². The van der Waals surface area contributed by atoms with Crippen LogP contribution in [0.1, 0.15) is 16.8 Å². The highest BCUT2D eigenvalue weighted by Gasteiger charge is 2.24. The van der Waals surface area contributed by atoms with Gasteiger partial charge >= 0.3 is 0 Å². The van der Waals surface area contributed by atoms with E-state index < -0.39 is 0 Å². The molecule has 0 spiro atoms. The molecule has 0 saturated carbocycles. The van der Waals surface area contributed by atoms with Gasteiger partial charge in [-0.3, -0.25) is 14.5 Å². The summed E-state index contributed by atoms with van der Waals surface area (Å²) >= 11 is 5.85. The van der Waals surface area contributed by atoms with E-state index in [1.54, 1.807) is 30.0 Å². The van der Waals surface area contributed by atoms with E-state index >= 15 is 0 Å². The number of amides is 2. The van der Waals surface area contributed by atoms with E-state index in [9.17, 15) is 9.59 Å². The quantitative estimate of drug-likeness (QED) is 0.840. The zero-order chi connectivity index (χ0) is 15.4. The summed E-state index contributed by atoms with van der Waals surface area (Å²) in [6.07, 6.45) is 2.25. The lowest BCUT2D eigenvalue weighted by Gasteiger charge is -2.22. The molecule has 6 nitrogen and oxygen atoms in total. The second-order valence-corrected chi connectivity index (χ2v) is 5.66. The van der Waals surface area contributed by atoms with Crippen LogP contribution in [0.4, 0.5) is 0 Å². The number of furan rings is 1. The number of rotatable bonds is 3. The molecule has 0 aromatic carbocycles. The molecular weight excluding hydrogens is 294 g/mol. The summed E-state index contributed by atoms with van der Waals surface area (Å²) < 4.78 is 4.97. The monoisotopic (exact) mass is 313 g/mol. The molecule has 7 heteroatoms. The van der Waals surface area contributed by atoms with Gasteiger partial charge in [0.2, 0.25) is 11.1 Å². The third kappa shape index (κ3) is 3.98. The van der Waals surface area contributed by atoms with Crippen LogP contribution < -0.4 is 0 Å². The second kappa shape index (κ2) is 6.95. The van der Waals surface area contributed by atoms with E-state index in [0.717, 1.165) is 13.0 Å². The fourth-order valence-corrected chi connectivity index (χ4v) is 2.48. The third-order valence-corrected chi connectivity index (χ3v) is 3.87. The Morgan fingerprint density at radius 3 is 2.67 bits per heavy atom. The summed E-state index contributed by atoms with van der Waals surface area (Å²) in [4.78, 5) is 29.5. The molecule has 1 aromatic heterocycles. The molecule has 0 aliphatic carbocycles. The molecule has 1 fully saturated rings. The largest absolute Gasteiger partial charge is 0.452 e. The number of likely N-dealkylation sites (N-methyl/N-ethyl adjacent to an activating group) is 1. The highest BCUT2D eigenvalue weighted by Crippen LogP contribution is 2.19. The van der Waals surface area contributed by atoms with Crippen molar-refractivity contribution in [1.29, 1.82) is 0 Å². The predicted molar refractivity (Wildman–Crippen MR) is 79.4 cm³/mol. The summed E-state index contributed by atoms with van der Waals surface area (Å²) in [6, 6.07) is 1.59. The molecule has 0 atom stereocenters. The van der Waals surface area contributed by atoms with Gasteiger partial charge in [0.1, 0.15) is 0 Å². The Morgan fingerprint density at radius 1 is 1.29 bits per heavy atom. The van der Waals surface area contributed by atoms with Crippen LogP contribution in [0.5, 0.6) is 0 Å². The Hall–Kier alpha value is -1.53. The van der Waals surface area contributed by atoms with Gasteiger partial charge in [0, 0.05) is 40.3 Å². The maximum atomic E-state index is 12.4. The maximum absolute atomic E-state index is 12.4. The van der Waals surface area contributed by atoms with Crippen molar-refractivity contribution in [2.45, 2.75) is 6.42 Å². The van der Waals surface area contributed by atoms with E-state index in [-0.39, 0.29) is 17.0 Å². The molecule has 2 heterocycles. The minimum atomic E-state index is -0.116. The normalized spacial score (nSPS) is 16.6. The van der Waals surface area contributed by atoms with Crippen LogP contribution in [-0.2, 0) is 4.79 Å². The lowest BCUT2D eigenvalue weighted by Crippen LogP contribution is -2.39. The summed E-state index contributed by atoms with van der Waals surface area (Å²) in [5.74, 6) is -0.0396. The van der Waals surface area contributed by atoms with Crippen LogP contribution in [0.2, 0.25) is 5.22 Å². The van der Waals surface area contributed by atoms with E-state index in [2.05, 4.69) is 4.90 Å². The van der Waals surface area contributed by atoms with Crippen LogP contribution >= 0.6 is 11.6 Å². The molecule has 21 heavy (non-hydrogen) atoms. The second-order valence-electron chi connectivity index (χ2n) is 5.32. The number of nitrogens with zero attached hydrogens (tertiary/aromatic N) is 3. The number of hydrogen-bond acceptors (Lipinski definition) is 4. The van der Waals surface area contributed by atoms with Crippen LogP contribution in [0, 0.1) is 0 Å². The molecule has 1 saturated heterocycles. The standard InChI is InChI=1S/C14H20ClN3O3/c1-16(2)12(19)10-17-5-3-6-18(8-7-17)14(20)11-4-9-21-13(11)15/h4,9H,3,5-8,10H2,1-2H3. The van der Waals surface area contributed by atoms with E-state index in [0.29, 0.717) is 31.7 Å². The van der Waals surface area contributed by atoms with Crippen LogP contribution in [0.15, 0.2) is 16.7 Å². The van der Waals surface area contributed by atoms with E-state index in [4.69, 9.17) is 16.0 Å². The number of hydrogen-bond donors (Lipinski definition) is 0. The molecule has 116 valence electrons. The van der Waals surface area contributed by atoms with Crippen molar-refractivity contribution in [2.24, 2.45) is 0 Å². The first kappa shape index (κ1) is 15.9. The SMILES string of the molecule is CN(C)C(=O)CN1CCCN(C(=O)c2ccoc2Cl)CC1. The highest BCUT2D eigenvalue weighted by atomic mass is 35.5. The van der Waals surface area contributed by atoms with Crippen molar-refractivity contribution >= 4 is 23.4 Å². The first-order valence-corrected chi connectivity index (χ1v) is 7.31. The molecule has 2 rings (SSSR count). The molecule has 1 aromatic rings. The fraction of sp³-hybridized carbons (Fsp3) is 0.571. The molecule has 1 aliphatic heterocycles. The maximum Gasteiger partial charge on any atom is 0.258 e. The Labute approximate surface area is 129 Å². The topological polar surface area (TPSA) is 57.0 Å². The van der Waals surface area contributed by atoms with Crippen LogP contribution in [-0.4, -0.2) is 73.3 Å². The summed E-state index contributed by atoms with van der Waals surface area (Å²) in [6.45, 7) is 3.12. The lowest BCUT2D eigenvalue weighted by molar-refractivity contribution is -0.129. The number of carbonyl (C=O) groups is 2. The minimum Gasteiger partial charge on any atom is -0.452 e. The van der Waals surface area contributed by atoms with Gasteiger partial charge in [-0.25, -0.2) is 0 Å². The minimum absolute atomic E-state index is 0.0765. The van der Waals surface area contributed by atoms with Gasteiger partial charge in [-0.1, -0.05) is 0 Å². The van der Waals surface area contributed by atoms with Gasteiger partial charge in [-0.15, -0.1) is 0 Å². The van der Waals surface area contributed by atoms with Crippen molar-refractivity contribution in [3.05, 3.63) is 23.1 Å². The molecular formula is C14H20ClN3O3. The summed E-state index contributed by atoms with van der Waals surface area (Å²) in [7, 11) is 3.49. The van der Waals surface area contributed by atoms with Gasteiger partial charge in [0.25, 0.3) is 5.91 Å². The lowest BCUT2D eigenvalue weighted by atomic mass is 10.3.